The molecule has 66 valence electrons. The lowest BCUT2D eigenvalue weighted by Gasteiger charge is -1.92. The monoisotopic (exact) mass is 168 g/mol. The lowest BCUT2D eigenvalue weighted by Crippen LogP contribution is -1.95. The zero-order valence-corrected chi connectivity index (χ0v) is 7.03. The van der Waals surface area contributed by atoms with E-state index >= 15 is 0 Å². The fourth-order valence-corrected chi connectivity index (χ4v) is 1.02. The highest BCUT2D eigenvalue weighted by atomic mass is 16.4. The number of carbonyl (C=O) groups is 1. The van der Waals surface area contributed by atoms with Gasteiger partial charge < -0.3 is 9.67 Å². The number of carboxylic acids is 1. The molecule has 0 aliphatic carbocycles. The van der Waals surface area contributed by atoms with Crippen molar-refractivity contribution in [2.75, 3.05) is 0 Å². The second-order valence-corrected chi connectivity index (χ2v) is 2.78. The minimum atomic E-state index is -0.745. The maximum Gasteiger partial charge on any atom is 0.303 e. The topological polar surface area (TPSA) is 55.1 Å². The minimum absolute atomic E-state index is 0.219. The van der Waals surface area contributed by atoms with Crippen LogP contribution < -0.4 is 0 Å². The molecule has 1 heterocycles. The maximum atomic E-state index is 10.2. The number of aryl methyl sites for hydroxylation is 2. The molecule has 1 aromatic heterocycles. The number of aliphatic carboxylic acids is 1. The van der Waals surface area contributed by atoms with Gasteiger partial charge >= 0.3 is 5.97 Å². The summed E-state index contributed by atoms with van der Waals surface area (Å²) in [4.78, 5) is 14.3. The van der Waals surface area contributed by atoms with Gasteiger partial charge in [-0.2, -0.15) is 0 Å². The second kappa shape index (κ2) is 3.90. The minimum Gasteiger partial charge on any atom is -0.481 e. The Labute approximate surface area is 70.9 Å². The highest BCUT2D eigenvalue weighted by Gasteiger charge is 1.99. The van der Waals surface area contributed by atoms with Crippen LogP contribution in [0.5, 0.6) is 0 Å². The van der Waals surface area contributed by atoms with Crippen molar-refractivity contribution in [1.29, 1.82) is 0 Å². The number of nitrogens with zero attached hydrogens (tertiary/aromatic N) is 2. The summed E-state index contributed by atoms with van der Waals surface area (Å²) in [5.41, 5.74) is 0.957. The van der Waals surface area contributed by atoms with Crippen molar-refractivity contribution >= 4 is 5.97 Å². The van der Waals surface area contributed by atoms with E-state index in [1.165, 1.54) is 0 Å². The zero-order chi connectivity index (χ0) is 8.97. The maximum absolute atomic E-state index is 10.2. The van der Waals surface area contributed by atoms with Crippen LogP contribution in [0.4, 0.5) is 0 Å². The van der Waals surface area contributed by atoms with Gasteiger partial charge in [0, 0.05) is 19.7 Å². The Balaban J connectivity index is 2.29. The largest absolute Gasteiger partial charge is 0.481 e. The average Bonchev–Trinajstić information content (AvgIpc) is 2.35. The molecule has 1 rings (SSSR count). The molecule has 0 atom stereocenters. The van der Waals surface area contributed by atoms with Gasteiger partial charge in [-0.25, -0.2) is 4.98 Å². The van der Waals surface area contributed by atoms with Gasteiger partial charge in [0.05, 0.1) is 12.0 Å². The molecule has 1 N–H and O–H groups in total. The van der Waals surface area contributed by atoms with E-state index in [9.17, 15) is 4.79 Å². The summed E-state index contributed by atoms with van der Waals surface area (Å²) in [5.74, 6) is -0.745. The van der Waals surface area contributed by atoms with E-state index in [0.717, 1.165) is 12.1 Å². The number of hydrogen-bond donors (Lipinski definition) is 1. The number of imidazole rings is 1. The van der Waals surface area contributed by atoms with Gasteiger partial charge in [-0.15, -0.1) is 0 Å². The summed E-state index contributed by atoms with van der Waals surface area (Å²) >= 11 is 0. The average molecular weight is 168 g/mol. The van der Waals surface area contributed by atoms with Crippen molar-refractivity contribution in [1.82, 2.24) is 9.55 Å². The molecule has 0 amide bonds. The van der Waals surface area contributed by atoms with Crippen LogP contribution in [0.15, 0.2) is 12.5 Å². The highest BCUT2D eigenvalue weighted by molar-refractivity contribution is 5.66. The summed E-state index contributed by atoms with van der Waals surface area (Å²) in [6.07, 6.45) is 5.24. The molecule has 0 unspecified atom stereocenters. The van der Waals surface area contributed by atoms with Crippen LogP contribution in [-0.4, -0.2) is 20.6 Å². The van der Waals surface area contributed by atoms with Crippen LogP contribution >= 0.6 is 0 Å². The third-order valence-electron chi connectivity index (χ3n) is 1.58. The molecule has 0 aliphatic heterocycles. The van der Waals surface area contributed by atoms with Gasteiger partial charge in [0.1, 0.15) is 0 Å². The van der Waals surface area contributed by atoms with Crippen molar-refractivity contribution in [3.8, 4) is 0 Å². The Hall–Kier alpha value is -1.32. The van der Waals surface area contributed by atoms with Gasteiger partial charge in [0.2, 0.25) is 0 Å². The first-order valence-corrected chi connectivity index (χ1v) is 3.87. The van der Waals surface area contributed by atoms with Crippen LogP contribution in [0.1, 0.15) is 18.5 Å². The predicted molar refractivity (Wildman–Crippen MR) is 43.8 cm³/mol. The van der Waals surface area contributed by atoms with E-state index in [0.29, 0.717) is 6.42 Å². The van der Waals surface area contributed by atoms with E-state index in [1.807, 2.05) is 17.8 Å². The third-order valence-corrected chi connectivity index (χ3v) is 1.58. The van der Waals surface area contributed by atoms with Gasteiger partial charge in [-0.05, 0) is 12.8 Å². The van der Waals surface area contributed by atoms with Crippen molar-refractivity contribution < 1.29 is 9.90 Å². The SMILES string of the molecule is Cn1cnc(CCCC(=O)O)c1. The molecule has 0 radical (unpaired) electrons. The van der Waals surface area contributed by atoms with Crippen molar-refractivity contribution in [2.45, 2.75) is 19.3 Å². The first-order chi connectivity index (χ1) is 5.68. The summed E-state index contributed by atoms with van der Waals surface area (Å²) in [6, 6.07) is 0. The number of hydrogen-bond acceptors (Lipinski definition) is 2. The Morgan fingerprint density at radius 1 is 1.75 bits per heavy atom. The molecule has 0 aliphatic rings. The molecule has 0 spiro atoms. The standard InChI is InChI=1S/C8H12N2O2/c1-10-5-7(9-6-10)3-2-4-8(11)12/h5-6H,2-4H2,1H3,(H,11,12). The normalized spacial score (nSPS) is 10.1. The number of aromatic nitrogens is 2. The van der Waals surface area contributed by atoms with E-state index < -0.39 is 5.97 Å². The van der Waals surface area contributed by atoms with E-state index in [4.69, 9.17) is 5.11 Å². The smallest absolute Gasteiger partial charge is 0.303 e. The summed E-state index contributed by atoms with van der Waals surface area (Å²) in [5, 5.41) is 8.37. The lowest BCUT2D eigenvalue weighted by molar-refractivity contribution is -0.137. The van der Waals surface area contributed by atoms with E-state index in [2.05, 4.69) is 4.98 Å². The number of carboxylic acid groups (broad SMARTS) is 1. The molecule has 4 heteroatoms. The molecule has 1 aromatic rings. The predicted octanol–water partition coefficient (Wildman–Crippen LogP) is 0.827. The van der Waals surface area contributed by atoms with Crippen LogP contribution in [-0.2, 0) is 18.3 Å². The molecular weight excluding hydrogens is 156 g/mol. The Bertz CT molecular complexity index is 268. The second-order valence-electron chi connectivity index (χ2n) is 2.78. The van der Waals surface area contributed by atoms with Gasteiger partial charge in [0.25, 0.3) is 0 Å². The van der Waals surface area contributed by atoms with Gasteiger partial charge in [-0.1, -0.05) is 0 Å². The fourth-order valence-electron chi connectivity index (χ4n) is 1.02. The first-order valence-electron chi connectivity index (χ1n) is 3.87. The van der Waals surface area contributed by atoms with Crippen molar-refractivity contribution in [3.05, 3.63) is 18.2 Å². The molecule has 0 fully saturated rings. The quantitative estimate of drug-likeness (QED) is 0.724. The van der Waals surface area contributed by atoms with Crippen LogP contribution in [0.25, 0.3) is 0 Å². The zero-order valence-electron chi connectivity index (χ0n) is 7.03. The van der Waals surface area contributed by atoms with Crippen LogP contribution in [0.2, 0.25) is 0 Å². The summed E-state index contributed by atoms with van der Waals surface area (Å²) in [7, 11) is 1.90. The molecular formula is C8H12N2O2. The molecule has 12 heavy (non-hydrogen) atoms. The molecule has 0 bridgehead atoms. The van der Waals surface area contributed by atoms with Crippen molar-refractivity contribution in [3.63, 3.8) is 0 Å². The Morgan fingerprint density at radius 2 is 2.50 bits per heavy atom. The van der Waals surface area contributed by atoms with Crippen molar-refractivity contribution in [2.24, 2.45) is 7.05 Å². The van der Waals surface area contributed by atoms with Crippen LogP contribution in [0, 0.1) is 0 Å². The molecule has 0 saturated heterocycles. The molecule has 0 saturated carbocycles. The summed E-state index contributed by atoms with van der Waals surface area (Å²) < 4.78 is 1.86. The third kappa shape index (κ3) is 2.74. The lowest BCUT2D eigenvalue weighted by atomic mass is 10.2. The first kappa shape index (κ1) is 8.77. The molecule has 0 aromatic carbocycles. The van der Waals surface area contributed by atoms with Crippen LogP contribution in [0.3, 0.4) is 0 Å². The van der Waals surface area contributed by atoms with E-state index in [-0.39, 0.29) is 6.42 Å². The highest BCUT2D eigenvalue weighted by Crippen LogP contribution is 2.01. The summed E-state index contributed by atoms with van der Waals surface area (Å²) in [6.45, 7) is 0. The van der Waals surface area contributed by atoms with E-state index in [1.54, 1.807) is 6.33 Å². The van der Waals surface area contributed by atoms with Gasteiger partial charge in [-0.3, -0.25) is 4.79 Å². The Kier molecular flexibility index (Phi) is 2.85. The number of rotatable bonds is 4. The fraction of sp³-hybridized carbons (Fsp3) is 0.500. The Morgan fingerprint density at radius 3 is 3.00 bits per heavy atom. The van der Waals surface area contributed by atoms with Gasteiger partial charge in [0.15, 0.2) is 0 Å². The molecule has 4 nitrogen and oxygen atoms in total.